The van der Waals surface area contributed by atoms with Gasteiger partial charge in [-0.25, -0.2) is 9.78 Å². The van der Waals surface area contributed by atoms with E-state index >= 15 is 0 Å². The Morgan fingerprint density at radius 1 is 1.45 bits per heavy atom. The van der Waals surface area contributed by atoms with Crippen molar-refractivity contribution in [2.75, 3.05) is 0 Å². The lowest BCUT2D eigenvalue weighted by Gasteiger charge is -2.02. The fourth-order valence-electron chi connectivity index (χ4n) is 1.45. The number of benzene rings is 1. The lowest BCUT2D eigenvalue weighted by Crippen LogP contribution is -1.97. The molecule has 1 aromatic carbocycles. The van der Waals surface area contributed by atoms with Crippen LogP contribution >= 0.6 is 27.7 Å². The Morgan fingerprint density at radius 2 is 2.20 bits per heavy atom. The van der Waals surface area contributed by atoms with Gasteiger partial charge in [0, 0.05) is 4.47 Å². The van der Waals surface area contributed by atoms with Crippen LogP contribution in [0, 0.1) is 13.8 Å². The molecule has 0 unspecified atom stereocenters. The van der Waals surface area contributed by atoms with E-state index in [9.17, 15) is 9.90 Å². The quantitative estimate of drug-likeness (QED) is 0.650. The van der Waals surface area contributed by atoms with Crippen LogP contribution in [-0.2, 0) is 4.79 Å². The van der Waals surface area contributed by atoms with Gasteiger partial charge in [0.25, 0.3) is 0 Å². The van der Waals surface area contributed by atoms with Gasteiger partial charge in [-0.05, 0) is 48.9 Å². The lowest BCUT2D eigenvalue weighted by molar-refractivity contribution is -0.131. The highest BCUT2D eigenvalue weighted by atomic mass is 79.9. The molecule has 5 nitrogen and oxygen atoms in total. The molecule has 104 valence electrons. The number of aromatic amines is 1. The number of aromatic nitrogens is 3. The van der Waals surface area contributed by atoms with Crippen molar-refractivity contribution >= 4 is 39.7 Å². The Balaban J connectivity index is 2.29. The second-order valence-corrected chi connectivity index (χ2v) is 5.99. The molecule has 20 heavy (non-hydrogen) atoms. The molecule has 0 fully saturated rings. The van der Waals surface area contributed by atoms with Gasteiger partial charge in [0.15, 0.2) is 0 Å². The second-order valence-electron chi connectivity index (χ2n) is 4.13. The van der Waals surface area contributed by atoms with Crippen molar-refractivity contribution in [2.24, 2.45) is 0 Å². The van der Waals surface area contributed by atoms with E-state index in [1.165, 1.54) is 0 Å². The molecule has 0 amide bonds. The number of hydrogen-bond acceptors (Lipinski definition) is 4. The number of H-pyrrole nitrogens is 1. The molecular formula is C13H12BrN3O2S. The average Bonchev–Trinajstić information content (AvgIpc) is 2.78. The molecule has 7 heteroatoms. The van der Waals surface area contributed by atoms with Crippen LogP contribution in [0.2, 0.25) is 0 Å². The topological polar surface area (TPSA) is 78.9 Å². The van der Waals surface area contributed by atoms with E-state index in [4.69, 9.17) is 0 Å². The monoisotopic (exact) mass is 353 g/mol. The molecule has 0 aliphatic heterocycles. The van der Waals surface area contributed by atoms with Crippen LogP contribution in [0.4, 0.5) is 0 Å². The van der Waals surface area contributed by atoms with Gasteiger partial charge in [-0.2, -0.15) is 0 Å². The summed E-state index contributed by atoms with van der Waals surface area (Å²) in [6.45, 7) is 3.74. The summed E-state index contributed by atoms with van der Waals surface area (Å²) in [5.74, 6) is -0.357. The molecule has 0 bridgehead atoms. The number of carboxylic acid groups (broad SMARTS) is 1. The van der Waals surface area contributed by atoms with Crippen molar-refractivity contribution in [3.63, 3.8) is 0 Å². The first-order chi connectivity index (χ1) is 9.45. The zero-order valence-corrected chi connectivity index (χ0v) is 13.2. The van der Waals surface area contributed by atoms with Gasteiger partial charge >= 0.3 is 5.97 Å². The van der Waals surface area contributed by atoms with Gasteiger partial charge in [0.1, 0.15) is 10.7 Å². The van der Waals surface area contributed by atoms with Gasteiger partial charge in [-0.3, -0.25) is 5.10 Å². The average molecular weight is 354 g/mol. The van der Waals surface area contributed by atoms with E-state index in [2.05, 4.69) is 31.1 Å². The Kier molecular flexibility index (Phi) is 4.61. The largest absolute Gasteiger partial charge is 0.477 e. The highest BCUT2D eigenvalue weighted by Crippen LogP contribution is 2.27. The molecule has 0 aliphatic carbocycles. The van der Waals surface area contributed by atoms with Crippen LogP contribution < -0.4 is 0 Å². The van der Waals surface area contributed by atoms with E-state index < -0.39 is 5.97 Å². The highest BCUT2D eigenvalue weighted by molar-refractivity contribution is 9.10. The van der Waals surface area contributed by atoms with E-state index in [-0.39, 0.29) is 4.91 Å². The van der Waals surface area contributed by atoms with Gasteiger partial charge in [0.2, 0.25) is 5.16 Å². The van der Waals surface area contributed by atoms with Crippen LogP contribution in [0.1, 0.15) is 17.0 Å². The van der Waals surface area contributed by atoms with Crippen molar-refractivity contribution < 1.29 is 9.90 Å². The zero-order valence-electron chi connectivity index (χ0n) is 10.8. The Hall–Kier alpha value is -1.60. The molecule has 1 heterocycles. The number of carbonyl (C=O) groups is 1. The van der Waals surface area contributed by atoms with Gasteiger partial charge < -0.3 is 5.11 Å². The molecule has 2 N–H and O–H groups in total. The molecule has 0 aliphatic rings. The first-order valence-corrected chi connectivity index (χ1v) is 7.34. The molecule has 0 saturated carbocycles. The molecule has 1 aromatic heterocycles. The minimum absolute atomic E-state index is 0.166. The first-order valence-electron chi connectivity index (χ1n) is 5.73. The molecule has 0 atom stereocenters. The molecule has 0 saturated heterocycles. The number of rotatable bonds is 4. The normalized spacial score (nSPS) is 11.7. The third-order valence-electron chi connectivity index (χ3n) is 2.48. The van der Waals surface area contributed by atoms with E-state index in [1.807, 2.05) is 25.1 Å². The molecular weight excluding hydrogens is 342 g/mol. The third kappa shape index (κ3) is 3.71. The third-order valence-corrected chi connectivity index (χ3v) is 4.21. The number of nitrogens with zero attached hydrogens (tertiary/aromatic N) is 2. The summed E-state index contributed by atoms with van der Waals surface area (Å²) >= 11 is 4.45. The first kappa shape index (κ1) is 14.8. The molecule has 2 rings (SSSR count). The summed E-state index contributed by atoms with van der Waals surface area (Å²) in [5.41, 5.74) is 1.90. The van der Waals surface area contributed by atoms with Gasteiger partial charge in [0.05, 0.1) is 0 Å². The number of aryl methyl sites for hydroxylation is 2. The van der Waals surface area contributed by atoms with Crippen molar-refractivity contribution in [3.05, 3.63) is 44.5 Å². The molecule has 2 aromatic rings. The Labute approximate surface area is 128 Å². The van der Waals surface area contributed by atoms with Crippen molar-refractivity contribution in [1.82, 2.24) is 15.2 Å². The number of halogens is 1. The predicted octanol–water partition coefficient (Wildman–Crippen LogP) is 3.40. The lowest BCUT2D eigenvalue weighted by atomic mass is 10.1. The van der Waals surface area contributed by atoms with Crippen LogP contribution in [0.15, 0.2) is 32.7 Å². The summed E-state index contributed by atoms with van der Waals surface area (Å²) in [6.07, 6.45) is 1.60. The summed E-state index contributed by atoms with van der Waals surface area (Å²) in [5, 5.41) is 16.3. The van der Waals surface area contributed by atoms with Crippen LogP contribution in [0.5, 0.6) is 0 Å². The van der Waals surface area contributed by atoms with Gasteiger partial charge in [-0.1, -0.05) is 28.1 Å². The summed E-state index contributed by atoms with van der Waals surface area (Å²) in [4.78, 5) is 15.6. The Morgan fingerprint density at radius 3 is 2.75 bits per heavy atom. The molecule has 0 radical (unpaired) electrons. The zero-order chi connectivity index (χ0) is 14.7. The highest BCUT2D eigenvalue weighted by Gasteiger charge is 2.13. The van der Waals surface area contributed by atoms with E-state index in [0.717, 1.165) is 27.4 Å². The minimum atomic E-state index is -1.01. The number of carboxylic acids is 1. The summed E-state index contributed by atoms with van der Waals surface area (Å²) in [7, 11) is 0. The predicted molar refractivity (Wildman–Crippen MR) is 81.5 cm³/mol. The maximum atomic E-state index is 11.3. The van der Waals surface area contributed by atoms with E-state index in [1.54, 1.807) is 13.0 Å². The smallest absolute Gasteiger partial charge is 0.342 e. The number of aliphatic carboxylic acids is 1. The molecule has 0 spiro atoms. The van der Waals surface area contributed by atoms with Gasteiger partial charge in [-0.15, -0.1) is 5.10 Å². The second kappa shape index (κ2) is 6.23. The summed E-state index contributed by atoms with van der Waals surface area (Å²) in [6, 6.07) is 5.67. The Bertz CT molecular complexity index is 682. The van der Waals surface area contributed by atoms with Crippen molar-refractivity contribution in [1.29, 1.82) is 0 Å². The van der Waals surface area contributed by atoms with Crippen molar-refractivity contribution in [3.8, 4) is 0 Å². The van der Waals surface area contributed by atoms with E-state index in [0.29, 0.717) is 11.0 Å². The van der Waals surface area contributed by atoms with Crippen LogP contribution in [0.3, 0.4) is 0 Å². The fourth-order valence-corrected chi connectivity index (χ4v) is 2.60. The van der Waals surface area contributed by atoms with Crippen LogP contribution in [-0.4, -0.2) is 26.3 Å². The standard InChI is InChI=1S/C13H12BrN3O2S/c1-7-3-4-9(5-10(7)14)6-11(12(18)19)20-13-15-8(2)16-17-13/h3-6H,1-2H3,(H,18,19)(H,15,16,17)/b11-6-. The fraction of sp³-hybridized carbons (Fsp3) is 0.154. The van der Waals surface area contributed by atoms with Crippen LogP contribution in [0.25, 0.3) is 6.08 Å². The van der Waals surface area contributed by atoms with Crippen molar-refractivity contribution in [2.45, 2.75) is 19.0 Å². The summed E-state index contributed by atoms with van der Waals surface area (Å²) < 4.78 is 0.940. The maximum Gasteiger partial charge on any atom is 0.342 e. The number of thioether (sulfide) groups is 1. The SMILES string of the molecule is Cc1nc(S/C(=C\c2ccc(C)c(Br)c2)C(=O)O)n[nH]1. The maximum absolute atomic E-state index is 11.3. The number of nitrogens with one attached hydrogen (secondary N) is 1. The number of hydrogen-bond donors (Lipinski definition) is 2. The minimum Gasteiger partial charge on any atom is -0.477 e.